The first-order valence-electron chi connectivity index (χ1n) is 8.42. The molecule has 3 rings (SSSR count). The van der Waals surface area contributed by atoms with Crippen LogP contribution in [-0.2, 0) is 16.1 Å². The molecule has 1 fully saturated rings. The van der Waals surface area contributed by atoms with Crippen molar-refractivity contribution in [2.24, 2.45) is 0 Å². The van der Waals surface area contributed by atoms with E-state index < -0.39 is 0 Å². The Balaban J connectivity index is 1.62. The molecule has 3 amide bonds. The van der Waals surface area contributed by atoms with Gasteiger partial charge in [-0.05, 0) is 42.3 Å². The van der Waals surface area contributed by atoms with Crippen molar-refractivity contribution in [1.82, 2.24) is 10.2 Å². The zero-order chi connectivity index (χ0) is 18.7. The molecule has 0 aromatic heterocycles. The molecule has 2 aromatic carbocycles. The van der Waals surface area contributed by atoms with Gasteiger partial charge < -0.3 is 5.32 Å². The second-order valence-electron chi connectivity index (χ2n) is 6.32. The second-order valence-corrected chi connectivity index (χ2v) is 6.75. The average Bonchev–Trinajstić information content (AvgIpc) is 2.94. The standard InChI is InChI=1S/C20H19ClN2O3/c1-13(15-6-8-17(21)9-7-15)22-20(26)16-4-2-14(3-5-16)12-23-18(24)10-11-19(23)25/h2-9,13H,10-12H2,1H3,(H,22,26). The zero-order valence-corrected chi connectivity index (χ0v) is 15.1. The van der Waals surface area contributed by atoms with Gasteiger partial charge in [0.2, 0.25) is 11.8 Å². The van der Waals surface area contributed by atoms with Gasteiger partial charge in [0.1, 0.15) is 0 Å². The van der Waals surface area contributed by atoms with Crippen LogP contribution in [0.1, 0.15) is 47.3 Å². The first-order valence-corrected chi connectivity index (χ1v) is 8.80. The maximum Gasteiger partial charge on any atom is 0.251 e. The molecule has 1 aliphatic rings. The van der Waals surface area contributed by atoms with Crippen LogP contribution in [0, 0.1) is 0 Å². The van der Waals surface area contributed by atoms with Crippen molar-refractivity contribution in [3.63, 3.8) is 0 Å². The zero-order valence-electron chi connectivity index (χ0n) is 14.4. The van der Waals surface area contributed by atoms with Gasteiger partial charge in [-0.25, -0.2) is 0 Å². The molecule has 6 heteroatoms. The number of nitrogens with one attached hydrogen (secondary N) is 1. The van der Waals surface area contributed by atoms with Gasteiger partial charge in [0.05, 0.1) is 12.6 Å². The van der Waals surface area contributed by atoms with Crippen LogP contribution in [0.2, 0.25) is 5.02 Å². The predicted octanol–water partition coefficient (Wildman–Crippen LogP) is 3.48. The Labute approximate surface area is 156 Å². The van der Waals surface area contributed by atoms with Crippen molar-refractivity contribution in [3.8, 4) is 0 Å². The Hall–Kier alpha value is -2.66. The molecule has 1 atom stereocenters. The molecule has 1 aliphatic heterocycles. The molecule has 26 heavy (non-hydrogen) atoms. The first kappa shape index (κ1) is 18.1. The van der Waals surface area contributed by atoms with E-state index in [2.05, 4.69) is 5.32 Å². The van der Waals surface area contributed by atoms with E-state index in [-0.39, 0.29) is 43.1 Å². The van der Waals surface area contributed by atoms with E-state index in [9.17, 15) is 14.4 Å². The number of nitrogens with zero attached hydrogens (tertiary/aromatic N) is 1. The van der Waals surface area contributed by atoms with E-state index in [1.807, 2.05) is 19.1 Å². The van der Waals surface area contributed by atoms with Crippen LogP contribution in [0.15, 0.2) is 48.5 Å². The third-order valence-corrected chi connectivity index (χ3v) is 4.68. The summed E-state index contributed by atoms with van der Waals surface area (Å²) in [6.45, 7) is 2.15. The molecule has 1 heterocycles. The van der Waals surface area contributed by atoms with Gasteiger partial charge in [-0.3, -0.25) is 19.3 Å². The Morgan fingerprint density at radius 3 is 2.19 bits per heavy atom. The van der Waals surface area contributed by atoms with Gasteiger partial charge in [-0.1, -0.05) is 35.9 Å². The summed E-state index contributed by atoms with van der Waals surface area (Å²) in [7, 11) is 0. The molecule has 0 spiro atoms. The van der Waals surface area contributed by atoms with Crippen LogP contribution in [-0.4, -0.2) is 22.6 Å². The minimum Gasteiger partial charge on any atom is -0.346 e. The van der Waals surface area contributed by atoms with E-state index in [0.29, 0.717) is 10.6 Å². The molecular formula is C20H19ClN2O3. The fourth-order valence-electron chi connectivity index (χ4n) is 2.86. The lowest BCUT2D eigenvalue weighted by molar-refractivity contribution is -0.139. The number of carbonyl (C=O) groups excluding carboxylic acids is 3. The highest BCUT2D eigenvalue weighted by atomic mass is 35.5. The quantitative estimate of drug-likeness (QED) is 0.819. The lowest BCUT2D eigenvalue weighted by atomic mass is 10.1. The number of amides is 3. The SMILES string of the molecule is CC(NC(=O)c1ccc(CN2C(=O)CCC2=O)cc1)c1ccc(Cl)cc1. The van der Waals surface area contributed by atoms with E-state index in [4.69, 9.17) is 11.6 Å². The van der Waals surface area contributed by atoms with E-state index in [1.165, 1.54) is 4.90 Å². The monoisotopic (exact) mass is 370 g/mol. The van der Waals surface area contributed by atoms with Crippen molar-refractivity contribution in [1.29, 1.82) is 0 Å². The second kappa shape index (κ2) is 7.70. The van der Waals surface area contributed by atoms with Crippen LogP contribution in [0.25, 0.3) is 0 Å². The van der Waals surface area contributed by atoms with Crippen LogP contribution in [0.3, 0.4) is 0 Å². The smallest absolute Gasteiger partial charge is 0.251 e. The van der Waals surface area contributed by atoms with Gasteiger partial charge in [0.15, 0.2) is 0 Å². The summed E-state index contributed by atoms with van der Waals surface area (Å²) >= 11 is 5.88. The summed E-state index contributed by atoms with van der Waals surface area (Å²) in [4.78, 5) is 37.0. The molecular weight excluding hydrogens is 352 g/mol. The molecule has 1 unspecified atom stereocenters. The summed E-state index contributed by atoms with van der Waals surface area (Å²) in [5.41, 5.74) is 2.30. The predicted molar refractivity (Wildman–Crippen MR) is 98.6 cm³/mol. The summed E-state index contributed by atoms with van der Waals surface area (Å²) in [5, 5.41) is 3.59. The molecule has 1 saturated heterocycles. The Morgan fingerprint density at radius 1 is 1.04 bits per heavy atom. The van der Waals surface area contributed by atoms with Crippen molar-refractivity contribution in [3.05, 3.63) is 70.2 Å². The lowest BCUT2D eigenvalue weighted by Gasteiger charge is -2.16. The third kappa shape index (κ3) is 4.11. The van der Waals surface area contributed by atoms with Crippen LogP contribution < -0.4 is 5.32 Å². The number of hydrogen-bond acceptors (Lipinski definition) is 3. The van der Waals surface area contributed by atoms with Gasteiger partial charge >= 0.3 is 0 Å². The number of hydrogen-bond donors (Lipinski definition) is 1. The average molecular weight is 371 g/mol. The molecule has 0 bridgehead atoms. The number of halogens is 1. The number of benzene rings is 2. The van der Waals surface area contributed by atoms with E-state index >= 15 is 0 Å². The molecule has 134 valence electrons. The summed E-state index contributed by atoms with van der Waals surface area (Å²) < 4.78 is 0. The molecule has 5 nitrogen and oxygen atoms in total. The van der Waals surface area contributed by atoms with Crippen LogP contribution in [0.4, 0.5) is 0 Å². The fourth-order valence-corrected chi connectivity index (χ4v) is 2.98. The van der Waals surface area contributed by atoms with Gasteiger partial charge in [-0.15, -0.1) is 0 Å². The lowest BCUT2D eigenvalue weighted by Crippen LogP contribution is -2.28. The molecule has 1 N–H and O–H groups in total. The Kier molecular flexibility index (Phi) is 5.38. The van der Waals surface area contributed by atoms with Crippen LogP contribution >= 0.6 is 11.6 Å². The fraction of sp³-hybridized carbons (Fsp3) is 0.250. The highest BCUT2D eigenvalue weighted by Crippen LogP contribution is 2.18. The summed E-state index contributed by atoms with van der Waals surface area (Å²) in [6.07, 6.45) is 0.559. The topological polar surface area (TPSA) is 66.5 Å². The van der Waals surface area contributed by atoms with Gasteiger partial charge in [0.25, 0.3) is 5.91 Å². The Bertz CT molecular complexity index is 815. The number of imide groups is 1. The van der Waals surface area contributed by atoms with E-state index in [1.54, 1.807) is 36.4 Å². The summed E-state index contributed by atoms with van der Waals surface area (Å²) in [6, 6.07) is 14.1. The normalized spacial score (nSPS) is 15.2. The van der Waals surface area contributed by atoms with Crippen molar-refractivity contribution >= 4 is 29.3 Å². The number of likely N-dealkylation sites (tertiary alicyclic amines) is 1. The van der Waals surface area contributed by atoms with Crippen molar-refractivity contribution < 1.29 is 14.4 Å². The highest BCUT2D eigenvalue weighted by molar-refractivity contribution is 6.30. The Morgan fingerprint density at radius 2 is 1.62 bits per heavy atom. The highest BCUT2D eigenvalue weighted by Gasteiger charge is 2.28. The minimum absolute atomic E-state index is 0.145. The number of carbonyl (C=O) groups is 3. The maximum absolute atomic E-state index is 12.4. The molecule has 0 saturated carbocycles. The molecule has 2 aromatic rings. The van der Waals surface area contributed by atoms with Crippen LogP contribution in [0.5, 0.6) is 0 Å². The minimum atomic E-state index is -0.188. The maximum atomic E-state index is 12.4. The first-order chi connectivity index (χ1) is 12.4. The van der Waals surface area contributed by atoms with Crippen molar-refractivity contribution in [2.45, 2.75) is 32.4 Å². The van der Waals surface area contributed by atoms with Crippen molar-refractivity contribution in [2.75, 3.05) is 0 Å². The largest absolute Gasteiger partial charge is 0.346 e. The van der Waals surface area contributed by atoms with E-state index in [0.717, 1.165) is 11.1 Å². The van der Waals surface area contributed by atoms with Gasteiger partial charge in [-0.2, -0.15) is 0 Å². The molecule has 0 radical (unpaired) electrons. The third-order valence-electron chi connectivity index (χ3n) is 4.43. The number of rotatable bonds is 5. The summed E-state index contributed by atoms with van der Waals surface area (Å²) in [5.74, 6) is -0.477. The molecule has 0 aliphatic carbocycles. The van der Waals surface area contributed by atoms with Gasteiger partial charge in [0, 0.05) is 23.4 Å².